The number of hydrogen-bond acceptors (Lipinski definition) is 4. The van der Waals surface area contributed by atoms with Gasteiger partial charge in [-0.3, -0.25) is 5.10 Å². The Morgan fingerprint density at radius 2 is 1.93 bits per heavy atom. The van der Waals surface area contributed by atoms with Crippen LogP contribution >= 0.6 is 11.6 Å². The number of nitriles is 1. The minimum Gasteiger partial charge on any atom is -0.364 e. The highest BCUT2D eigenvalue weighted by Crippen LogP contribution is 2.27. The average Bonchev–Trinajstić information content (AvgIpc) is 3.21. The SMILES string of the molecule is Cc1cc(C#N)ccc1-c1ccnc(NCc2cc(-c3ccccc3Cl)n[nH]2)c1. The summed E-state index contributed by atoms with van der Waals surface area (Å²) >= 11 is 6.25. The largest absolute Gasteiger partial charge is 0.364 e. The summed E-state index contributed by atoms with van der Waals surface area (Å²) in [6.45, 7) is 2.56. The summed E-state index contributed by atoms with van der Waals surface area (Å²) in [5, 5.41) is 20.4. The molecule has 6 heteroatoms. The summed E-state index contributed by atoms with van der Waals surface area (Å²) in [6.07, 6.45) is 1.78. The van der Waals surface area contributed by atoms with Crippen LogP contribution in [0.2, 0.25) is 5.02 Å². The number of nitrogens with zero attached hydrogens (tertiary/aromatic N) is 3. The number of rotatable bonds is 5. The highest BCUT2D eigenvalue weighted by molar-refractivity contribution is 6.33. The number of aromatic amines is 1. The number of benzene rings is 2. The molecule has 142 valence electrons. The fourth-order valence-corrected chi connectivity index (χ4v) is 3.43. The van der Waals surface area contributed by atoms with Crippen LogP contribution in [0.1, 0.15) is 16.8 Å². The van der Waals surface area contributed by atoms with Crippen molar-refractivity contribution >= 4 is 17.4 Å². The number of pyridine rings is 1. The lowest BCUT2D eigenvalue weighted by molar-refractivity contribution is 0.976. The van der Waals surface area contributed by atoms with Gasteiger partial charge in [-0.25, -0.2) is 4.98 Å². The molecule has 0 saturated carbocycles. The van der Waals surface area contributed by atoms with Crippen molar-refractivity contribution in [3.8, 4) is 28.5 Å². The molecule has 2 aromatic carbocycles. The van der Waals surface area contributed by atoms with Crippen LogP contribution < -0.4 is 5.32 Å². The third-order valence-corrected chi connectivity index (χ3v) is 5.00. The van der Waals surface area contributed by atoms with Crippen LogP contribution in [0.4, 0.5) is 5.82 Å². The van der Waals surface area contributed by atoms with E-state index in [0.29, 0.717) is 17.1 Å². The normalized spacial score (nSPS) is 10.5. The summed E-state index contributed by atoms with van der Waals surface area (Å²) in [6, 6.07) is 21.4. The second-order valence-corrected chi connectivity index (χ2v) is 7.09. The maximum atomic E-state index is 9.05. The average molecular weight is 400 g/mol. The highest BCUT2D eigenvalue weighted by atomic mass is 35.5. The van der Waals surface area contributed by atoms with Crippen LogP contribution in [0.15, 0.2) is 66.9 Å². The lowest BCUT2D eigenvalue weighted by atomic mass is 9.99. The van der Waals surface area contributed by atoms with Gasteiger partial charge in [0.15, 0.2) is 0 Å². The molecule has 0 saturated heterocycles. The number of halogens is 1. The van der Waals surface area contributed by atoms with Gasteiger partial charge in [0.25, 0.3) is 0 Å². The molecule has 2 heterocycles. The fourth-order valence-electron chi connectivity index (χ4n) is 3.20. The van der Waals surface area contributed by atoms with Crippen LogP contribution in [0.5, 0.6) is 0 Å². The first-order valence-electron chi connectivity index (χ1n) is 9.14. The quantitative estimate of drug-likeness (QED) is 0.459. The Balaban J connectivity index is 1.50. The third-order valence-electron chi connectivity index (χ3n) is 4.67. The van der Waals surface area contributed by atoms with Crippen molar-refractivity contribution in [3.63, 3.8) is 0 Å². The first-order valence-corrected chi connectivity index (χ1v) is 9.52. The summed E-state index contributed by atoms with van der Waals surface area (Å²) < 4.78 is 0. The first-order chi connectivity index (χ1) is 14.1. The minimum atomic E-state index is 0.556. The van der Waals surface area contributed by atoms with Gasteiger partial charge in [-0.2, -0.15) is 10.4 Å². The Kier molecular flexibility index (Phi) is 5.28. The van der Waals surface area contributed by atoms with E-state index in [9.17, 15) is 0 Å². The van der Waals surface area contributed by atoms with E-state index in [2.05, 4.69) is 26.6 Å². The monoisotopic (exact) mass is 399 g/mol. The van der Waals surface area contributed by atoms with Gasteiger partial charge in [0.2, 0.25) is 0 Å². The van der Waals surface area contributed by atoms with E-state index in [-0.39, 0.29) is 0 Å². The summed E-state index contributed by atoms with van der Waals surface area (Å²) in [7, 11) is 0. The number of aromatic nitrogens is 3. The lowest BCUT2D eigenvalue weighted by Crippen LogP contribution is -2.01. The molecule has 29 heavy (non-hydrogen) atoms. The molecule has 4 rings (SSSR count). The smallest absolute Gasteiger partial charge is 0.126 e. The van der Waals surface area contributed by atoms with Crippen molar-refractivity contribution in [2.45, 2.75) is 13.5 Å². The van der Waals surface area contributed by atoms with Gasteiger partial charge in [-0.1, -0.05) is 35.9 Å². The number of H-pyrrole nitrogens is 1. The molecule has 0 aliphatic carbocycles. The molecule has 0 aliphatic heterocycles. The fraction of sp³-hybridized carbons (Fsp3) is 0.0870. The van der Waals surface area contributed by atoms with Gasteiger partial charge >= 0.3 is 0 Å². The summed E-state index contributed by atoms with van der Waals surface area (Å²) in [5.74, 6) is 0.764. The maximum absolute atomic E-state index is 9.05. The van der Waals surface area contributed by atoms with Crippen LogP contribution in [0.3, 0.4) is 0 Å². The maximum Gasteiger partial charge on any atom is 0.126 e. The molecule has 0 atom stereocenters. The van der Waals surface area contributed by atoms with Gasteiger partial charge in [0, 0.05) is 11.8 Å². The van der Waals surface area contributed by atoms with Crippen molar-refractivity contribution in [3.05, 3.63) is 88.7 Å². The summed E-state index contributed by atoms with van der Waals surface area (Å²) in [5.41, 5.74) is 6.48. The van der Waals surface area contributed by atoms with Crippen LogP contribution in [-0.2, 0) is 6.54 Å². The molecular formula is C23H18ClN5. The molecule has 2 aromatic heterocycles. The Hall–Kier alpha value is -3.62. The van der Waals surface area contributed by atoms with E-state index in [1.807, 2.05) is 67.6 Å². The second kappa shape index (κ2) is 8.17. The molecule has 0 unspecified atom stereocenters. The van der Waals surface area contributed by atoms with Crippen molar-refractivity contribution in [1.82, 2.24) is 15.2 Å². The van der Waals surface area contributed by atoms with E-state index in [1.54, 1.807) is 6.20 Å². The molecule has 0 aliphatic rings. The molecular weight excluding hydrogens is 382 g/mol. The zero-order chi connectivity index (χ0) is 20.2. The molecule has 0 radical (unpaired) electrons. The Bertz CT molecular complexity index is 1210. The number of nitrogens with one attached hydrogen (secondary N) is 2. The number of hydrogen-bond donors (Lipinski definition) is 2. The van der Waals surface area contributed by atoms with Crippen LogP contribution in [0.25, 0.3) is 22.4 Å². The second-order valence-electron chi connectivity index (χ2n) is 6.68. The molecule has 2 N–H and O–H groups in total. The van der Waals surface area contributed by atoms with Crippen LogP contribution in [-0.4, -0.2) is 15.2 Å². The highest BCUT2D eigenvalue weighted by Gasteiger charge is 2.08. The topological polar surface area (TPSA) is 77.4 Å². The molecule has 0 amide bonds. The van der Waals surface area contributed by atoms with Crippen LogP contribution in [0, 0.1) is 18.3 Å². The van der Waals surface area contributed by atoms with Crippen molar-refractivity contribution < 1.29 is 0 Å². The van der Waals surface area contributed by atoms with E-state index in [4.69, 9.17) is 16.9 Å². The van der Waals surface area contributed by atoms with E-state index in [0.717, 1.165) is 39.5 Å². The molecule has 0 fully saturated rings. The molecule has 0 bridgehead atoms. The van der Waals surface area contributed by atoms with Crippen molar-refractivity contribution in [1.29, 1.82) is 5.26 Å². The van der Waals surface area contributed by atoms with E-state index in [1.165, 1.54) is 0 Å². The Morgan fingerprint density at radius 1 is 1.07 bits per heavy atom. The van der Waals surface area contributed by atoms with Crippen molar-refractivity contribution in [2.75, 3.05) is 5.32 Å². The predicted octanol–water partition coefficient (Wildman–Crippen LogP) is 5.58. The van der Waals surface area contributed by atoms with Gasteiger partial charge in [-0.15, -0.1) is 0 Å². The van der Waals surface area contributed by atoms with Crippen molar-refractivity contribution in [2.24, 2.45) is 0 Å². The van der Waals surface area contributed by atoms with E-state index >= 15 is 0 Å². The Labute approximate surface area is 174 Å². The van der Waals surface area contributed by atoms with E-state index < -0.39 is 0 Å². The van der Waals surface area contributed by atoms with Gasteiger partial charge in [0.1, 0.15) is 5.82 Å². The summed E-state index contributed by atoms with van der Waals surface area (Å²) in [4.78, 5) is 4.40. The standard InChI is InChI=1S/C23H18ClN5/c1-15-10-16(13-25)6-7-19(15)17-8-9-26-23(11-17)27-14-18-12-22(29-28-18)20-4-2-3-5-21(20)24/h2-12H,14H2,1H3,(H,26,27)(H,28,29). The zero-order valence-corrected chi connectivity index (χ0v) is 16.5. The zero-order valence-electron chi connectivity index (χ0n) is 15.8. The third kappa shape index (κ3) is 4.13. The Morgan fingerprint density at radius 3 is 2.72 bits per heavy atom. The lowest BCUT2D eigenvalue weighted by Gasteiger charge is -2.09. The predicted molar refractivity (Wildman–Crippen MR) is 115 cm³/mol. The van der Waals surface area contributed by atoms with Gasteiger partial charge in [0.05, 0.1) is 34.6 Å². The minimum absolute atomic E-state index is 0.556. The number of aryl methyl sites for hydroxylation is 1. The molecule has 0 spiro atoms. The molecule has 5 nitrogen and oxygen atoms in total. The van der Waals surface area contributed by atoms with Gasteiger partial charge in [-0.05, 0) is 60.0 Å². The first kappa shape index (κ1) is 18.7. The van der Waals surface area contributed by atoms with Gasteiger partial charge < -0.3 is 5.32 Å². The number of anilines is 1. The molecule has 4 aromatic rings.